The summed E-state index contributed by atoms with van der Waals surface area (Å²) in [7, 11) is 1.65. The fraction of sp³-hybridized carbons (Fsp3) is 0.312. The molecule has 1 fully saturated rings. The molecule has 0 spiro atoms. The molecule has 1 aromatic carbocycles. The van der Waals surface area contributed by atoms with E-state index in [-0.39, 0.29) is 0 Å². The van der Waals surface area contributed by atoms with E-state index in [1.54, 1.807) is 13.3 Å². The van der Waals surface area contributed by atoms with E-state index in [0.717, 1.165) is 43.4 Å². The average Bonchev–Trinajstić information content (AvgIpc) is 2.55. The molecule has 1 aliphatic rings. The van der Waals surface area contributed by atoms with Crippen LogP contribution in [0.25, 0.3) is 0 Å². The van der Waals surface area contributed by atoms with Gasteiger partial charge in [-0.25, -0.2) is 4.98 Å². The highest BCUT2D eigenvalue weighted by atomic mass is 16.5. The van der Waals surface area contributed by atoms with E-state index in [0.29, 0.717) is 0 Å². The van der Waals surface area contributed by atoms with Gasteiger partial charge in [0.15, 0.2) is 0 Å². The third kappa shape index (κ3) is 3.02. The van der Waals surface area contributed by atoms with Crippen molar-refractivity contribution in [1.29, 1.82) is 0 Å². The van der Waals surface area contributed by atoms with Crippen LogP contribution in [0.5, 0.6) is 5.75 Å². The molecule has 5 heteroatoms. The van der Waals surface area contributed by atoms with Gasteiger partial charge in [-0.1, -0.05) is 6.07 Å². The van der Waals surface area contributed by atoms with Gasteiger partial charge in [-0.3, -0.25) is 0 Å². The van der Waals surface area contributed by atoms with Gasteiger partial charge in [0.2, 0.25) is 0 Å². The van der Waals surface area contributed by atoms with Gasteiger partial charge in [0.05, 0.1) is 13.3 Å². The Labute approximate surface area is 125 Å². The van der Waals surface area contributed by atoms with Crippen LogP contribution in [0.3, 0.4) is 0 Å². The predicted molar refractivity (Wildman–Crippen MR) is 86.1 cm³/mol. The normalized spacial score (nSPS) is 15.1. The number of pyridine rings is 1. The number of nitrogens with two attached hydrogens (primary N) is 1. The molecular formula is C16H20N4O. The van der Waals surface area contributed by atoms with Crippen molar-refractivity contribution in [2.75, 3.05) is 48.8 Å². The van der Waals surface area contributed by atoms with Gasteiger partial charge in [0.1, 0.15) is 11.6 Å². The summed E-state index contributed by atoms with van der Waals surface area (Å²) >= 11 is 0. The number of piperazine rings is 1. The monoisotopic (exact) mass is 284 g/mol. The maximum absolute atomic E-state index is 5.85. The van der Waals surface area contributed by atoms with E-state index in [9.17, 15) is 0 Å². The average molecular weight is 284 g/mol. The highest BCUT2D eigenvalue weighted by molar-refractivity contribution is 5.57. The summed E-state index contributed by atoms with van der Waals surface area (Å²) in [5.74, 6) is 1.79. The van der Waals surface area contributed by atoms with Crippen molar-refractivity contribution in [1.82, 2.24) is 4.98 Å². The van der Waals surface area contributed by atoms with Crippen LogP contribution >= 0.6 is 0 Å². The number of benzene rings is 1. The van der Waals surface area contributed by atoms with Gasteiger partial charge in [0.25, 0.3) is 0 Å². The third-order valence-electron chi connectivity index (χ3n) is 3.80. The molecule has 1 aliphatic heterocycles. The Morgan fingerprint density at radius 3 is 2.43 bits per heavy atom. The molecule has 2 N–H and O–H groups in total. The van der Waals surface area contributed by atoms with Crippen molar-refractivity contribution >= 4 is 17.2 Å². The van der Waals surface area contributed by atoms with Crippen molar-refractivity contribution < 1.29 is 4.74 Å². The number of ether oxygens (including phenoxy) is 1. The predicted octanol–water partition coefficient (Wildman–Crippen LogP) is 2.00. The van der Waals surface area contributed by atoms with Crippen LogP contribution in [0.1, 0.15) is 0 Å². The maximum Gasteiger partial charge on any atom is 0.137 e. The number of hydrogen-bond acceptors (Lipinski definition) is 5. The van der Waals surface area contributed by atoms with Crippen LogP contribution < -0.4 is 20.3 Å². The highest BCUT2D eigenvalue weighted by Gasteiger charge is 2.18. The molecule has 2 heterocycles. The first kappa shape index (κ1) is 13.5. The molecule has 0 atom stereocenters. The van der Waals surface area contributed by atoms with Gasteiger partial charge >= 0.3 is 0 Å². The molecule has 0 bridgehead atoms. The van der Waals surface area contributed by atoms with Crippen LogP contribution in [0.4, 0.5) is 17.2 Å². The van der Waals surface area contributed by atoms with E-state index >= 15 is 0 Å². The molecule has 110 valence electrons. The minimum absolute atomic E-state index is 0.789. The van der Waals surface area contributed by atoms with E-state index in [4.69, 9.17) is 10.5 Å². The first-order valence-electron chi connectivity index (χ1n) is 7.12. The summed E-state index contributed by atoms with van der Waals surface area (Å²) < 4.78 is 5.14. The Hall–Kier alpha value is -2.43. The second kappa shape index (κ2) is 5.91. The zero-order chi connectivity index (χ0) is 14.7. The molecule has 2 aromatic rings. The van der Waals surface area contributed by atoms with Crippen LogP contribution in [0.2, 0.25) is 0 Å². The molecule has 5 nitrogen and oxygen atoms in total. The zero-order valence-electron chi connectivity index (χ0n) is 12.2. The lowest BCUT2D eigenvalue weighted by molar-refractivity contribution is 0.413. The number of methoxy groups -OCH3 is 1. The molecular weight excluding hydrogens is 264 g/mol. The fourth-order valence-corrected chi connectivity index (χ4v) is 2.60. The number of nitrogens with zero attached hydrogens (tertiary/aromatic N) is 3. The lowest BCUT2D eigenvalue weighted by Crippen LogP contribution is -2.46. The second-order valence-corrected chi connectivity index (χ2v) is 5.13. The Kier molecular flexibility index (Phi) is 3.81. The lowest BCUT2D eigenvalue weighted by atomic mass is 10.2. The van der Waals surface area contributed by atoms with Gasteiger partial charge in [-0.05, 0) is 30.3 Å². The van der Waals surface area contributed by atoms with Gasteiger partial charge in [-0.15, -0.1) is 0 Å². The van der Waals surface area contributed by atoms with Gasteiger partial charge < -0.3 is 20.3 Å². The smallest absolute Gasteiger partial charge is 0.137 e. The molecule has 0 saturated carbocycles. The standard InChI is InChI=1S/C16H20N4O/c1-21-15-5-6-16(18-12-15)20-9-7-19(8-10-20)14-4-2-3-13(17)11-14/h2-6,11-12H,7-10,17H2,1H3. The Morgan fingerprint density at radius 1 is 1.05 bits per heavy atom. The minimum atomic E-state index is 0.789. The number of aromatic nitrogens is 1. The quantitative estimate of drug-likeness (QED) is 0.874. The number of hydrogen-bond donors (Lipinski definition) is 1. The summed E-state index contributed by atoms with van der Waals surface area (Å²) in [4.78, 5) is 9.10. The molecule has 0 radical (unpaired) electrons. The Balaban J connectivity index is 1.64. The topological polar surface area (TPSA) is 54.6 Å². The van der Waals surface area contributed by atoms with E-state index in [1.165, 1.54) is 5.69 Å². The summed E-state index contributed by atoms with van der Waals surface area (Å²) in [5.41, 5.74) is 7.86. The van der Waals surface area contributed by atoms with E-state index in [1.807, 2.05) is 30.3 Å². The molecule has 1 saturated heterocycles. The van der Waals surface area contributed by atoms with Crippen LogP contribution in [-0.2, 0) is 0 Å². The van der Waals surface area contributed by atoms with Gasteiger partial charge in [0, 0.05) is 37.6 Å². The van der Waals surface area contributed by atoms with Crippen molar-refractivity contribution in [3.63, 3.8) is 0 Å². The number of nitrogen functional groups attached to an aromatic ring is 1. The Morgan fingerprint density at radius 2 is 1.81 bits per heavy atom. The summed E-state index contributed by atoms with van der Waals surface area (Å²) in [5, 5.41) is 0. The van der Waals surface area contributed by atoms with E-state index < -0.39 is 0 Å². The summed E-state index contributed by atoms with van der Waals surface area (Å²) in [6.07, 6.45) is 1.76. The maximum atomic E-state index is 5.85. The van der Waals surface area contributed by atoms with Crippen molar-refractivity contribution in [2.24, 2.45) is 0 Å². The molecule has 0 unspecified atom stereocenters. The third-order valence-corrected chi connectivity index (χ3v) is 3.80. The number of rotatable bonds is 3. The van der Waals surface area contributed by atoms with Gasteiger partial charge in [-0.2, -0.15) is 0 Å². The lowest BCUT2D eigenvalue weighted by Gasteiger charge is -2.36. The number of anilines is 3. The van der Waals surface area contributed by atoms with Crippen LogP contribution in [-0.4, -0.2) is 38.3 Å². The molecule has 21 heavy (non-hydrogen) atoms. The largest absolute Gasteiger partial charge is 0.495 e. The van der Waals surface area contributed by atoms with Crippen molar-refractivity contribution in [2.45, 2.75) is 0 Å². The summed E-state index contributed by atoms with van der Waals surface area (Å²) in [6.45, 7) is 3.84. The van der Waals surface area contributed by atoms with E-state index in [2.05, 4.69) is 20.9 Å². The first-order chi connectivity index (χ1) is 10.3. The first-order valence-corrected chi connectivity index (χ1v) is 7.12. The zero-order valence-corrected chi connectivity index (χ0v) is 12.2. The van der Waals surface area contributed by atoms with Crippen molar-refractivity contribution in [3.8, 4) is 5.75 Å². The second-order valence-electron chi connectivity index (χ2n) is 5.13. The molecule has 0 aliphatic carbocycles. The Bertz CT molecular complexity index is 591. The minimum Gasteiger partial charge on any atom is -0.495 e. The molecule has 1 aromatic heterocycles. The van der Waals surface area contributed by atoms with Crippen LogP contribution in [0.15, 0.2) is 42.6 Å². The summed E-state index contributed by atoms with van der Waals surface area (Å²) in [6, 6.07) is 12.0. The van der Waals surface area contributed by atoms with Crippen molar-refractivity contribution in [3.05, 3.63) is 42.6 Å². The molecule has 3 rings (SSSR count). The molecule has 0 amide bonds. The van der Waals surface area contributed by atoms with Crippen LogP contribution in [0, 0.1) is 0 Å². The fourth-order valence-electron chi connectivity index (χ4n) is 2.60. The SMILES string of the molecule is COc1ccc(N2CCN(c3cccc(N)c3)CC2)nc1. The highest BCUT2D eigenvalue weighted by Crippen LogP contribution is 2.22.